The number of nitrogens with one attached hydrogen (secondary N) is 1. The average molecular weight is 392 g/mol. The molecule has 1 N–H and O–H groups in total. The number of carbonyl (C=O) groups excluding carboxylic acids is 3. The Morgan fingerprint density at radius 2 is 1.85 bits per heavy atom. The number of nitrogens with zero attached hydrogens (tertiary/aromatic N) is 2. The van der Waals surface area contributed by atoms with E-state index < -0.39 is 17.8 Å². The number of rotatable bonds is 3. The molecule has 1 fully saturated rings. The van der Waals surface area contributed by atoms with Crippen LogP contribution in [0.5, 0.6) is 0 Å². The molecule has 0 spiro atoms. The summed E-state index contributed by atoms with van der Waals surface area (Å²) in [7, 11) is 0. The summed E-state index contributed by atoms with van der Waals surface area (Å²) in [5, 5.41) is 2.40. The summed E-state index contributed by atoms with van der Waals surface area (Å²) in [5.74, 6) is -1.52. The van der Waals surface area contributed by atoms with Crippen LogP contribution < -0.4 is 10.2 Å². The Bertz CT molecular complexity index is 947. The average Bonchev–Trinajstić information content (AvgIpc) is 3.04. The summed E-state index contributed by atoms with van der Waals surface area (Å²) in [5.41, 5.74) is 0.616. The molecule has 134 valence electrons. The Kier molecular flexibility index (Phi) is 4.89. The highest BCUT2D eigenvalue weighted by molar-refractivity contribution is 6.46. The first-order valence-corrected chi connectivity index (χ1v) is 8.58. The predicted molar refractivity (Wildman–Crippen MR) is 100 cm³/mol. The first-order chi connectivity index (χ1) is 12.3. The zero-order valence-electron chi connectivity index (χ0n) is 14.0. The third-order valence-electron chi connectivity index (χ3n) is 3.92. The summed E-state index contributed by atoms with van der Waals surface area (Å²) in [6.07, 6.45) is 5.10. The van der Waals surface area contributed by atoms with Crippen LogP contribution in [0.3, 0.4) is 0 Å². The maximum Gasteiger partial charge on any atom is 0.336 e. The fourth-order valence-corrected chi connectivity index (χ4v) is 2.92. The van der Waals surface area contributed by atoms with Gasteiger partial charge in [0.05, 0.1) is 15.7 Å². The van der Waals surface area contributed by atoms with Crippen LogP contribution in [0.15, 0.2) is 42.2 Å². The Labute approximate surface area is 160 Å². The van der Waals surface area contributed by atoms with Gasteiger partial charge in [0.15, 0.2) is 0 Å². The number of anilines is 1. The fourth-order valence-electron chi connectivity index (χ4n) is 2.54. The van der Waals surface area contributed by atoms with E-state index in [-0.39, 0.29) is 27.3 Å². The topological polar surface area (TPSA) is 71.4 Å². The molecule has 1 aromatic carbocycles. The summed E-state index contributed by atoms with van der Waals surface area (Å²) in [6.45, 7) is 4.02. The number of barbiturate groups is 1. The van der Waals surface area contributed by atoms with Gasteiger partial charge in [0.2, 0.25) is 0 Å². The van der Waals surface area contributed by atoms with Gasteiger partial charge in [-0.15, -0.1) is 0 Å². The van der Waals surface area contributed by atoms with Gasteiger partial charge in [-0.25, -0.2) is 9.69 Å². The quantitative estimate of drug-likeness (QED) is 0.633. The maximum absolute atomic E-state index is 12.8. The molecule has 26 heavy (non-hydrogen) atoms. The molecule has 0 bridgehead atoms. The lowest BCUT2D eigenvalue weighted by Crippen LogP contribution is -2.54. The van der Waals surface area contributed by atoms with Crippen molar-refractivity contribution in [1.82, 2.24) is 9.88 Å². The van der Waals surface area contributed by atoms with Crippen molar-refractivity contribution < 1.29 is 14.4 Å². The van der Waals surface area contributed by atoms with Crippen molar-refractivity contribution in [3.63, 3.8) is 0 Å². The first kappa shape index (κ1) is 18.2. The van der Waals surface area contributed by atoms with Crippen LogP contribution in [0.25, 0.3) is 6.08 Å². The van der Waals surface area contributed by atoms with Gasteiger partial charge in [-0.1, -0.05) is 29.3 Å². The molecule has 3 rings (SSSR count). The number of urea groups is 1. The molecule has 0 aliphatic carbocycles. The Morgan fingerprint density at radius 3 is 2.50 bits per heavy atom. The number of amides is 4. The molecule has 0 saturated carbocycles. The monoisotopic (exact) mass is 391 g/mol. The molecular formula is C18H15Cl2N3O3. The van der Waals surface area contributed by atoms with E-state index in [2.05, 4.69) is 5.32 Å². The van der Waals surface area contributed by atoms with Gasteiger partial charge in [-0.3, -0.25) is 14.9 Å². The van der Waals surface area contributed by atoms with Crippen LogP contribution in [0.2, 0.25) is 10.0 Å². The van der Waals surface area contributed by atoms with Crippen LogP contribution in [0, 0.1) is 0 Å². The van der Waals surface area contributed by atoms with Gasteiger partial charge < -0.3 is 4.57 Å². The lowest BCUT2D eigenvalue weighted by atomic mass is 10.1. The van der Waals surface area contributed by atoms with Crippen molar-refractivity contribution in [2.75, 3.05) is 4.90 Å². The van der Waals surface area contributed by atoms with Crippen LogP contribution in [-0.4, -0.2) is 22.4 Å². The molecule has 0 radical (unpaired) electrons. The lowest BCUT2D eigenvalue weighted by Gasteiger charge is -2.27. The smallest absolute Gasteiger partial charge is 0.336 e. The minimum Gasteiger partial charge on any atom is -0.351 e. The second-order valence-corrected chi connectivity index (χ2v) is 6.80. The normalized spacial score (nSPS) is 16.6. The number of imide groups is 2. The number of benzene rings is 1. The molecular weight excluding hydrogens is 377 g/mol. The van der Waals surface area contributed by atoms with Crippen molar-refractivity contribution in [3.8, 4) is 0 Å². The van der Waals surface area contributed by atoms with Crippen LogP contribution >= 0.6 is 23.2 Å². The predicted octanol–water partition coefficient (Wildman–Crippen LogP) is 4.04. The summed E-state index contributed by atoms with van der Waals surface area (Å²) in [4.78, 5) is 38.0. The van der Waals surface area contributed by atoms with E-state index in [1.807, 2.05) is 30.8 Å². The number of hydrogen-bond donors (Lipinski definition) is 1. The van der Waals surface area contributed by atoms with Crippen molar-refractivity contribution >= 4 is 52.8 Å². The van der Waals surface area contributed by atoms with Crippen LogP contribution in [0.4, 0.5) is 10.5 Å². The van der Waals surface area contributed by atoms with Gasteiger partial charge in [0.25, 0.3) is 11.8 Å². The Hall–Kier alpha value is -2.57. The zero-order chi connectivity index (χ0) is 19.0. The minimum absolute atomic E-state index is 0.0531. The minimum atomic E-state index is -0.874. The standard InChI is InChI=1S/C18H15Cl2N3O3/c1-10(2)22-7-6-11(9-22)8-12-16(24)21-18(26)23(17(12)25)14-5-3-4-13(19)15(14)20/h3-10H,1-2H3,(H,21,24,26)/b12-8-. The highest BCUT2D eigenvalue weighted by Crippen LogP contribution is 2.34. The second-order valence-electron chi connectivity index (χ2n) is 6.02. The van der Waals surface area contributed by atoms with Gasteiger partial charge >= 0.3 is 6.03 Å². The lowest BCUT2D eigenvalue weighted by molar-refractivity contribution is -0.122. The second kappa shape index (κ2) is 6.97. The van der Waals surface area contributed by atoms with Crippen LogP contribution in [-0.2, 0) is 9.59 Å². The van der Waals surface area contributed by atoms with Crippen molar-refractivity contribution in [2.24, 2.45) is 0 Å². The SMILES string of the molecule is CC(C)n1ccc(/C=C2/C(=O)NC(=O)N(c3cccc(Cl)c3Cl)C2=O)c1. The van der Waals surface area contributed by atoms with E-state index in [0.29, 0.717) is 5.56 Å². The van der Waals surface area contributed by atoms with Gasteiger partial charge in [-0.2, -0.15) is 0 Å². The van der Waals surface area contributed by atoms with E-state index in [1.165, 1.54) is 18.2 Å². The zero-order valence-corrected chi connectivity index (χ0v) is 15.5. The van der Waals surface area contributed by atoms with Gasteiger partial charge in [-0.05, 0) is 43.7 Å². The highest BCUT2D eigenvalue weighted by atomic mass is 35.5. The van der Waals surface area contributed by atoms with Crippen molar-refractivity contribution in [2.45, 2.75) is 19.9 Å². The molecule has 0 unspecified atom stereocenters. The number of carbonyl (C=O) groups is 3. The summed E-state index contributed by atoms with van der Waals surface area (Å²) < 4.78 is 1.94. The van der Waals surface area contributed by atoms with Crippen molar-refractivity contribution in [3.05, 3.63) is 57.8 Å². The molecule has 1 aromatic heterocycles. The third kappa shape index (κ3) is 3.25. The summed E-state index contributed by atoms with van der Waals surface area (Å²) in [6, 6.07) is 5.72. The van der Waals surface area contributed by atoms with Gasteiger partial charge in [0, 0.05) is 18.4 Å². The Morgan fingerprint density at radius 1 is 1.12 bits per heavy atom. The Balaban J connectivity index is 2.02. The molecule has 2 heterocycles. The van der Waals surface area contributed by atoms with E-state index in [9.17, 15) is 14.4 Å². The molecule has 4 amide bonds. The third-order valence-corrected chi connectivity index (χ3v) is 4.73. The number of halogens is 2. The van der Waals surface area contributed by atoms with Crippen molar-refractivity contribution in [1.29, 1.82) is 0 Å². The van der Waals surface area contributed by atoms with Crippen LogP contribution in [0.1, 0.15) is 25.5 Å². The molecule has 1 aliphatic rings. The van der Waals surface area contributed by atoms with E-state index in [1.54, 1.807) is 12.1 Å². The number of hydrogen-bond acceptors (Lipinski definition) is 3. The number of aromatic nitrogens is 1. The van der Waals surface area contributed by atoms with E-state index in [0.717, 1.165) is 4.90 Å². The molecule has 6 nitrogen and oxygen atoms in total. The molecule has 1 saturated heterocycles. The van der Waals surface area contributed by atoms with E-state index >= 15 is 0 Å². The molecule has 0 atom stereocenters. The first-order valence-electron chi connectivity index (χ1n) is 7.82. The largest absolute Gasteiger partial charge is 0.351 e. The van der Waals surface area contributed by atoms with E-state index in [4.69, 9.17) is 23.2 Å². The fraction of sp³-hybridized carbons (Fsp3) is 0.167. The molecule has 1 aliphatic heterocycles. The molecule has 2 aromatic rings. The molecule has 8 heteroatoms. The highest BCUT2D eigenvalue weighted by Gasteiger charge is 2.38. The maximum atomic E-state index is 12.8. The van der Waals surface area contributed by atoms with Gasteiger partial charge in [0.1, 0.15) is 5.57 Å². The summed E-state index contributed by atoms with van der Waals surface area (Å²) >= 11 is 12.1.